The van der Waals surface area contributed by atoms with E-state index in [-0.39, 0.29) is 24.0 Å². The number of carbonyl (C=O) groups is 1. The van der Waals surface area contributed by atoms with Gasteiger partial charge in [0.25, 0.3) is 5.91 Å². The highest BCUT2D eigenvalue weighted by atomic mass is 19.3. The Labute approximate surface area is 144 Å². The summed E-state index contributed by atoms with van der Waals surface area (Å²) in [6.45, 7) is -2.60. The first kappa shape index (κ1) is 18.5. The predicted molar refractivity (Wildman–Crippen MR) is 88.3 cm³/mol. The number of amides is 1. The molecule has 0 radical (unpaired) electrons. The van der Waals surface area contributed by atoms with Crippen LogP contribution in [0.5, 0.6) is 17.2 Å². The van der Waals surface area contributed by atoms with E-state index in [1.165, 1.54) is 13.2 Å². The molecule has 0 aliphatic heterocycles. The molecule has 0 spiro atoms. The van der Waals surface area contributed by atoms with Crippen LogP contribution in [0, 0.1) is 0 Å². The smallest absolute Gasteiger partial charge is 0.387 e. The minimum Gasteiger partial charge on any atom is -0.493 e. The van der Waals surface area contributed by atoms with Gasteiger partial charge in [-0.15, -0.1) is 0 Å². The van der Waals surface area contributed by atoms with Crippen molar-refractivity contribution in [3.8, 4) is 17.2 Å². The summed E-state index contributed by atoms with van der Waals surface area (Å²) in [4.78, 5) is 11.7. The Morgan fingerprint density at radius 2 is 1.88 bits per heavy atom. The van der Waals surface area contributed by atoms with E-state index in [0.29, 0.717) is 18.7 Å². The number of carbonyl (C=O) groups excluding carboxylic acids is 1. The second-order valence-corrected chi connectivity index (χ2v) is 5.07. The van der Waals surface area contributed by atoms with Gasteiger partial charge in [-0.25, -0.2) is 0 Å². The molecule has 0 fully saturated rings. The third-order valence-corrected chi connectivity index (χ3v) is 3.29. The van der Waals surface area contributed by atoms with E-state index in [9.17, 15) is 13.6 Å². The summed E-state index contributed by atoms with van der Waals surface area (Å²) in [6, 6.07) is 13.7. The third kappa shape index (κ3) is 6.29. The number of alkyl halides is 2. The zero-order chi connectivity index (χ0) is 18.1. The molecule has 2 aromatic rings. The molecule has 0 saturated carbocycles. The van der Waals surface area contributed by atoms with Crippen molar-refractivity contribution < 1.29 is 27.8 Å². The van der Waals surface area contributed by atoms with Crippen LogP contribution in [0.2, 0.25) is 0 Å². The predicted octanol–water partition coefficient (Wildman–Crippen LogP) is 3.03. The lowest BCUT2D eigenvalue weighted by molar-refractivity contribution is -0.123. The molecule has 0 saturated heterocycles. The van der Waals surface area contributed by atoms with Gasteiger partial charge in [-0.1, -0.05) is 24.3 Å². The van der Waals surface area contributed by atoms with Gasteiger partial charge in [0.2, 0.25) is 0 Å². The number of benzene rings is 2. The van der Waals surface area contributed by atoms with Crippen molar-refractivity contribution in [2.24, 2.45) is 0 Å². The van der Waals surface area contributed by atoms with Crippen LogP contribution in [0.4, 0.5) is 8.78 Å². The summed E-state index contributed by atoms with van der Waals surface area (Å²) in [5.41, 5.74) is 0.822. The first-order valence-corrected chi connectivity index (χ1v) is 7.64. The molecule has 0 aromatic heterocycles. The van der Waals surface area contributed by atoms with Crippen LogP contribution in [0.25, 0.3) is 0 Å². The van der Waals surface area contributed by atoms with E-state index in [2.05, 4.69) is 10.1 Å². The molecule has 2 rings (SSSR count). The summed E-state index contributed by atoms with van der Waals surface area (Å²) >= 11 is 0. The quantitative estimate of drug-likeness (QED) is 0.754. The SMILES string of the molecule is COc1cc(CCNC(=O)COc2ccccc2)ccc1OC(F)F. The number of methoxy groups -OCH3 is 1. The van der Waals surface area contributed by atoms with Crippen LogP contribution in [-0.4, -0.2) is 32.8 Å². The van der Waals surface area contributed by atoms with Gasteiger partial charge in [-0.05, 0) is 36.2 Å². The molecule has 0 heterocycles. The number of rotatable bonds is 9. The minimum absolute atomic E-state index is 0.0263. The van der Waals surface area contributed by atoms with Crippen molar-refractivity contribution in [2.45, 2.75) is 13.0 Å². The van der Waals surface area contributed by atoms with Crippen molar-refractivity contribution in [1.82, 2.24) is 5.32 Å². The molecule has 5 nitrogen and oxygen atoms in total. The van der Waals surface area contributed by atoms with Crippen LogP contribution in [0.15, 0.2) is 48.5 Å². The van der Waals surface area contributed by atoms with Gasteiger partial charge in [0, 0.05) is 6.54 Å². The van der Waals surface area contributed by atoms with Crippen molar-refractivity contribution in [3.05, 3.63) is 54.1 Å². The highest BCUT2D eigenvalue weighted by molar-refractivity contribution is 5.77. The molecule has 2 aromatic carbocycles. The summed E-state index contributed by atoms with van der Waals surface area (Å²) in [5, 5.41) is 2.73. The van der Waals surface area contributed by atoms with Gasteiger partial charge in [-0.3, -0.25) is 4.79 Å². The maximum atomic E-state index is 12.3. The fraction of sp³-hybridized carbons (Fsp3) is 0.278. The summed E-state index contributed by atoms with van der Waals surface area (Å²) in [6.07, 6.45) is 0.516. The molecule has 0 aliphatic carbocycles. The van der Waals surface area contributed by atoms with Crippen LogP contribution < -0.4 is 19.5 Å². The number of ether oxygens (including phenoxy) is 3. The monoisotopic (exact) mass is 351 g/mol. The van der Waals surface area contributed by atoms with Gasteiger partial charge in [-0.2, -0.15) is 8.78 Å². The molecular weight excluding hydrogens is 332 g/mol. The first-order valence-electron chi connectivity index (χ1n) is 7.64. The summed E-state index contributed by atoms with van der Waals surface area (Å²) in [5.74, 6) is 0.573. The molecular formula is C18H19F2NO4. The molecule has 1 N–H and O–H groups in total. The van der Waals surface area contributed by atoms with Crippen LogP contribution in [0.1, 0.15) is 5.56 Å². The maximum Gasteiger partial charge on any atom is 0.387 e. The lowest BCUT2D eigenvalue weighted by Gasteiger charge is -2.12. The summed E-state index contributed by atoms with van der Waals surface area (Å²) in [7, 11) is 1.38. The Morgan fingerprint density at radius 3 is 2.56 bits per heavy atom. The highest BCUT2D eigenvalue weighted by Crippen LogP contribution is 2.29. The van der Waals surface area contributed by atoms with E-state index in [1.807, 2.05) is 18.2 Å². The van der Waals surface area contributed by atoms with E-state index >= 15 is 0 Å². The van der Waals surface area contributed by atoms with Crippen molar-refractivity contribution in [3.63, 3.8) is 0 Å². The third-order valence-electron chi connectivity index (χ3n) is 3.29. The number of halogens is 2. The largest absolute Gasteiger partial charge is 0.493 e. The van der Waals surface area contributed by atoms with Gasteiger partial charge in [0.15, 0.2) is 18.1 Å². The van der Waals surface area contributed by atoms with Crippen LogP contribution >= 0.6 is 0 Å². The Bertz CT molecular complexity index is 680. The first-order chi connectivity index (χ1) is 12.1. The van der Waals surface area contributed by atoms with E-state index in [0.717, 1.165) is 5.56 Å². The van der Waals surface area contributed by atoms with Crippen LogP contribution in [-0.2, 0) is 11.2 Å². The fourth-order valence-corrected chi connectivity index (χ4v) is 2.12. The second-order valence-electron chi connectivity index (χ2n) is 5.07. The average Bonchev–Trinajstić information content (AvgIpc) is 2.61. The standard InChI is InChI=1S/C18H19F2NO4/c1-23-16-11-13(7-8-15(16)25-18(19)20)9-10-21-17(22)12-24-14-5-3-2-4-6-14/h2-8,11,18H,9-10,12H2,1H3,(H,21,22). The molecule has 1 amide bonds. The second kappa shape index (κ2) is 9.46. The summed E-state index contributed by atoms with van der Waals surface area (Å²) < 4.78 is 39.3. The lowest BCUT2D eigenvalue weighted by atomic mass is 10.1. The number of hydrogen-bond donors (Lipinski definition) is 1. The van der Waals surface area contributed by atoms with E-state index in [1.54, 1.807) is 24.3 Å². The highest BCUT2D eigenvalue weighted by Gasteiger charge is 2.11. The van der Waals surface area contributed by atoms with Gasteiger partial charge < -0.3 is 19.5 Å². The molecule has 0 bridgehead atoms. The van der Waals surface area contributed by atoms with Crippen LogP contribution in [0.3, 0.4) is 0 Å². The molecule has 0 unspecified atom stereocenters. The van der Waals surface area contributed by atoms with Gasteiger partial charge >= 0.3 is 6.61 Å². The van der Waals surface area contributed by atoms with Crippen molar-refractivity contribution >= 4 is 5.91 Å². The van der Waals surface area contributed by atoms with Crippen molar-refractivity contribution in [2.75, 3.05) is 20.3 Å². The lowest BCUT2D eigenvalue weighted by Crippen LogP contribution is -2.30. The zero-order valence-electron chi connectivity index (χ0n) is 13.7. The zero-order valence-corrected chi connectivity index (χ0v) is 13.7. The van der Waals surface area contributed by atoms with Gasteiger partial charge in [0.05, 0.1) is 7.11 Å². The normalized spacial score (nSPS) is 10.4. The topological polar surface area (TPSA) is 56.8 Å². The molecule has 134 valence electrons. The maximum absolute atomic E-state index is 12.3. The fourth-order valence-electron chi connectivity index (χ4n) is 2.12. The Balaban J connectivity index is 1.78. The Kier molecular flexibility index (Phi) is 7.00. The number of hydrogen-bond acceptors (Lipinski definition) is 4. The molecule has 0 atom stereocenters. The van der Waals surface area contributed by atoms with E-state index in [4.69, 9.17) is 9.47 Å². The van der Waals surface area contributed by atoms with E-state index < -0.39 is 6.61 Å². The number of para-hydroxylation sites is 1. The average molecular weight is 351 g/mol. The molecule has 7 heteroatoms. The Hall–Kier alpha value is -2.83. The minimum atomic E-state index is -2.91. The van der Waals surface area contributed by atoms with Gasteiger partial charge in [0.1, 0.15) is 5.75 Å². The Morgan fingerprint density at radius 1 is 1.12 bits per heavy atom. The molecule has 0 aliphatic rings. The molecule has 25 heavy (non-hydrogen) atoms. The van der Waals surface area contributed by atoms with Crippen molar-refractivity contribution in [1.29, 1.82) is 0 Å². The number of nitrogens with one attached hydrogen (secondary N) is 1.